The van der Waals surface area contributed by atoms with Crippen molar-refractivity contribution in [3.63, 3.8) is 0 Å². The fourth-order valence-corrected chi connectivity index (χ4v) is 3.29. The predicted molar refractivity (Wildman–Crippen MR) is 73.1 cm³/mol. The van der Waals surface area contributed by atoms with Gasteiger partial charge in [-0.15, -0.1) is 0 Å². The number of benzene rings is 1. The maximum atomic E-state index is 12.4. The Morgan fingerprint density at radius 2 is 2.20 bits per heavy atom. The van der Waals surface area contributed by atoms with E-state index in [9.17, 15) is 8.42 Å². The number of H-pyrrole nitrogens is 1. The Kier molecular flexibility index (Phi) is 4.17. The molecule has 0 aliphatic carbocycles. The van der Waals surface area contributed by atoms with E-state index in [1.54, 1.807) is 24.5 Å². The van der Waals surface area contributed by atoms with E-state index in [0.717, 1.165) is 0 Å². The maximum Gasteiger partial charge on any atom is 0.242 e. The van der Waals surface area contributed by atoms with E-state index < -0.39 is 16.1 Å². The van der Waals surface area contributed by atoms with E-state index in [2.05, 4.69) is 14.7 Å². The molecule has 0 amide bonds. The summed E-state index contributed by atoms with van der Waals surface area (Å²) in [5.74, 6) is 0.547. The van der Waals surface area contributed by atoms with Crippen molar-refractivity contribution in [2.45, 2.75) is 24.3 Å². The molecule has 1 heterocycles. The Hall–Kier alpha value is -2.17. The number of hydrogen-bond donors (Lipinski definition) is 2. The van der Waals surface area contributed by atoms with Gasteiger partial charge in [0.05, 0.1) is 16.5 Å². The first kappa shape index (κ1) is 14.2. The molecule has 2 rings (SSSR count). The smallest absolute Gasteiger partial charge is 0.242 e. The van der Waals surface area contributed by atoms with Crippen LogP contribution in [0.4, 0.5) is 0 Å². The average Bonchev–Trinajstić information content (AvgIpc) is 2.98. The van der Waals surface area contributed by atoms with Gasteiger partial charge < -0.3 is 4.98 Å². The fourth-order valence-electron chi connectivity index (χ4n) is 1.84. The third-order valence-electron chi connectivity index (χ3n) is 2.85. The molecule has 7 heteroatoms. The van der Waals surface area contributed by atoms with E-state index in [0.29, 0.717) is 12.2 Å². The lowest BCUT2D eigenvalue weighted by Crippen LogP contribution is -2.29. The summed E-state index contributed by atoms with van der Waals surface area (Å²) in [6, 6.07) is 7.53. The molecule has 1 unspecified atom stereocenters. The SMILES string of the molecule is CCC(NS(=O)(=O)c1ccccc1C#N)c1ncc[nH]1. The second-order valence-electron chi connectivity index (χ2n) is 4.16. The van der Waals surface area contributed by atoms with Crippen LogP contribution in [0, 0.1) is 11.3 Å². The van der Waals surface area contributed by atoms with Crippen molar-refractivity contribution < 1.29 is 8.42 Å². The number of nitrogens with one attached hydrogen (secondary N) is 2. The fraction of sp³-hybridized carbons (Fsp3) is 0.231. The van der Waals surface area contributed by atoms with Crippen LogP contribution in [-0.2, 0) is 10.0 Å². The maximum absolute atomic E-state index is 12.4. The summed E-state index contributed by atoms with van der Waals surface area (Å²) in [4.78, 5) is 6.93. The summed E-state index contributed by atoms with van der Waals surface area (Å²) >= 11 is 0. The second kappa shape index (κ2) is 5.86. The molecular weight excluding hydrogens is 276 g/mol. The van der Waals surface area contributed by atoms with Crippen LogP contribution in [0.2, 0.25) is 0 Å². The number of aromatic amines is 1. The summed E-state index contributed by atoms with van der Waals surface area (Å²) in [7, 11) is -3.77. The van der Waals surface area contributed by atoms with Crippen LogP contribution in [0.1, 0.15) is 30.8 Å². The summed E-state index contributed by atoms with van der Waals surface area (Å²) < 4.78 is 27.3. The standard InChI is InChI=1S/C13H14N4O2S/c1-2-11(13-15-7-8-16-13)17-20(18,19)12-6-4-3-5-10(12)9-14/h3-8,11,17H,2H2,1H3,(H,15,16). The van der Waals surface area contributed by atoms with E-state index in [-0.39, 0.29) is 10.5 Å². The first-order chi connectivity index (χ1) is 9.58. The minimum absolute atomic E-state index is 0.0208. The van der Waals surface area contributed by atoms with Gasteiger partial charge in [0.1, 0.15) is 11.9 Å². The van der Waals surface area contributed by atoms with Gasteiger partial charge in [0.15, 0.2) is 0 Å². The molecule has 0 aliphatic rings. The highest BCUT2D eigenvalue weighted by Gasteiger charge is 2.23. The number of aromatic nitrogens is 2. The van der Waals surface area contributed by atoms with Gasteiger partial charge in [-0.25, -0.2) is 18.1 Å². The Balaban J connectivity index is 2.34. The zero-order valence-electron chi connectivity index (χ0n) is 10.9. The molecule has 0 spiro atoms. The molecule has 6 nitrogen and oxygen atoms in total. The quantitative estimate of drug-likeness (QED) is 0.875. The number of sulfonamides is 1. The molecule has 1 atom stereocenters. The van der Waals surface area contributed by atoms with Gasteiger partial charge in [-0.3, -0.25) is 0 Å². The normalized spacial score (nSPS) is 12.8. The number of nitrogens with zero attached hydrogens (tertiary/aromatic N) is 2. The molecule has 0 aliphatic heterocycles. The molecule has 2 aromatic rings. The average molecular weight is 290 g/mol. The van der Waals surface area contributed by atoms with Crippen LogP contribution in [0.25, 0.3) is 0 Å². The monoisotopic (exact) mass is 290 g/mol. The van der Waals surface area contributed by atoms with Crippen molar-refractivity contribution in [2.24, 2.45) is 0 Å². The number of hydrogen-bond acceptors (Lipinski definition) is 4. The van der Waals surface area contributed by atoms with Gasteiger partial charge in [0.2, 0.25) is 10.0 Å². The first-order valence-corrected chi connectivity index (χ1v) is 7.57. The molecule has 0 bridgehead atoms. The zero-order valence-corrected chi connectivity index (χ0v) is 11.7. The minimum Gasteiger partial charge on any atom is -0.347 e. The van der Waals surface area contributed by atoms with Crippen LogP contribution in [0.3, 0.4) is 0 Å². The highest BCUT2D eigenvalue weighted by molar-refractivity contribution is 7.89. The highest BCUT2D eigenvalue weighted by atomic mass is 32.2. The summed E-state index contributed by atoms with van der Waals surface area (Å²) in [5.41, 5.74) is 0.120. The van der Waals surface area contributed by atoms with E-state index in [1.165, 1.54) is 12.1 Å². The Morgan fingerprint density at radius 1 is 1.45 bits per heavy atom. The van der Waals surface area contributed by atoms with Crippen molar-refractivity contribution in [3.8, 4) is 6.07 Å². The topological polar surface area (TPSA) is 98.6 Å². The zero-order chi connectivity index (χ0) is 14.6. The minimum atomic E-state index is -3.77. The molecule has 1 aromatic carbocycles. The van der Waals surface area contributed by atoms with Crippen LogP contribution in [0.15, 0.2) is 41.6 Å². The lowest BCUT2D eigenvalue weighted by atomic mass is 10.2. The number of nitriles is 1. The lowest BCUT2D eigenvalue weighted by Gasteiger charge is -2.15. The summed E-state index contributed by atoms with van der Waals surface area (Å²) in [6.07, 6.45) is 3.74. The summed E-state index contributed by atoms with van der Waals surface area (Å²) in [6.45, 7) is 1.85. The van der Waals surface area contributed by atoms with Gasteiger partial charge >= 0.3 is 0 Å². The van der Waals surface area contributed by atoms with Crippen LogP contribution in [0.5, 0.6) is 0 Å². The van der Waals surface area contributed by atoms with E-state index in [1.807, 2.05) is 13.0 Å². The van der Waals surface area contributed by atoms with Crippen molar-refractivity contribution in [2.75, 3.05) is 0 Å². The van der Waals surface area contributed by atoms with E-state index >= 15 is 0 Å². The first-order valence-electron chi connectivity index (χ1n) is 6.09. The van der Waals surface area contributed by atoms with E-state index in [4.69, 9.17) is 5.26 Å². The van der Waals surface area contributed by atoms with Crippen molar-refractivity contribution in [1.82, 2.24) is 14.7 Å². The van der Waals surface area contributed by atoms with Crippen LogP contribution in [-0.4, -0.2) is 18.4 Å². The Morgan fingerprint density at radius 3 is 2.80 bits per heavy atom. The van der Waals surface area contributed by atoms with Gasteiger partial charge in [-0.2, -0.15) is 5.26 Å². The molecule has 0 fully saturated rings. The lowest BCUT2D eigenvalue weighted by molar-refractivity contribution is 0.539. The highest BCUT2D eigenvalue weighted by Crippen LogP contribution is 2.19. The third kappa shape index (κ3) is 2.87. The molecule has 0 saturated carbocycles. The molecule has 1 aromatic heterocycles. The number of rotatable bonds is 5. The third-order valence-corrected chi connectivity index (χ3v) is 4.38. The molecule has 0 saturated heterocycles. The largest absolute Gasteiger partial charge is 0.347 e. The van der Waals surface area contributed by atoms with Crippen molar-refractivity contribution >= 4 is 10.0 Å². The molecule has 104 valence electrons. The number of imidazole rings is 1. The Bertz CT molecular complexity index is 717. The van der Waals surface area contributed by atoms with Crippen LogP contribution >= 0.6 is 0 Å². The predicted octanol–water partition coefficient (Wildman–Crippen LogP) is 1.71. The molecular formula is C13H14N4O2S. The second-order valence-corrected chi connectivity index (χ2v) is 5.85. The van der Waals surface area contributed by atoms with Crippen LogP contribution < -0.4 is 4.72 Å². The summed E-state index contributed by atoms with van der Waals surface area (Å²) in [5, 5.41) is 9.00. The molecule has 0 radical (unpaired) electrons. The molecule has 2 N–H and O–H groups in total. The van der Waals surface area contributed by atoms with Gasteiger partial charge in [0.25, 0.3) is 0 Å². The van der Waals surface area contributed by atoms with Gasteiger partial charge in [-0.05, 0) is 18.6 Å². The molecule has 20 heavy (non-hydrogen) atoms. The van der Waals surface area contributed by atoms with Gasteiger partial charge in [-0.1, -0.05) is 19.1 Å². The Labute approximate surface area is 117 Å². The van der Waals surface area contributed by atoms with Crippen molar-refractivity contribution in [1.29, 1.82) is 5.26 Å². The van der Waals surface area contributed by atoms with Gasteiger partial charge in [0, 0.05) is 12.4 Å². The van der Waals surface area contributed by atoms with Crippen molar-refractivity contribution in [3.05, 3.63) is 48.0 Å².